The number of hydrogen-bond donors (Lipinski definition) is 1. The molecule has 3 rings (SSSR count). The van der Waals surface area contributed by atoms with Crippen LogP contribution < -0.4 is 10.1 Å². The quantitative estimate of drug-likeness (QED) is 0.630. The number of carbonyl (C=O) groups is 1. The van der Waals surface area contributed by atoms with Crippen LogP contribution in [0.4, 0.5) is 5.69 Å². The second-order valence-corrected chi connectivity index (χ2v) is 6.93. The molecule has 0 aliphatic heterocycles. The van der Waals surface area contributed by atoms with Crippen LogP contribution in [0.5, 0.6) is 5.75 Å². The molecule has 1 amide bonds. The number of carbonyl (C=O) groups excluding carboxylic acids is 1. The third-order valence-electron chi connectivity index (χ3n) is 3.67. The molecule has 2 aromatic carbocycles. The van der Waals surface area contributed by atoms with Crippen LogP contribution in [0.1, 0.15) is 18.1 Å². The Balaban J connectivity index is 1.69. The first-order chi connectivity index (χ1) is 13.1. The summed E-state index contributed by atoms with van der Waals surface area (Å²) in [6.07, 6.45) is 0. The number of para-hydroxylation sites is 2. The van der Waals surface area contributed by atoms with Gasteiger partial charge in [0, 0.05) is 5.69 Å². The molecule has 8 heteroatoms. The number of aryl methyl sites for hydroxylation is 2. The van der Waals surface area contributed by atoms with E-state index in [0.717, 1.165) is 22.5 Å². The molecular formula is C19H21N5O2S. The summed E-state index contributed by atoms with van der Waals surface area (Å²) < 4.78 is 7.22. The second kappa shape index (κ2) is 8.68. The summed E-state index contributed by atoms with van der Waals surface area (Å²) in [5, 5.41) is 15.2. The minimum Gasteiger partial charge on any atom is -0.492 e. The van der Waals surface area contributed by atoms with Crippen molar-refractivity contribution in [2.45, 2.75) is 25.9 Å². The number of benzene rings is 2. The Bertz CT molecular complexity index is 921. The number of aromatic nitrogens is 4. The topological polar surface area (TPSA) is 81.9 Å². The van der Waals surface area contributed by atoms with Gasteiger partial charge in [0.25, 0.3) is 0 Å². The third-order valence-corrected chi connectivity index (χ3v) is 4.59. The summed E-state index contributed by atoms with van der Waals surface area (Å²) >= 11 is 1.27. The third kappa shape index (κ3) is 4.85. The zero-order valence-electron chi connectivity index (χ0n) is 15.5. The van der Waals surface area contributed by atoms with Gasteiger partial charge in [0.2, 0.25) is 11.1 Å². The Labute approximate surface area is 162 Å². The summed E-state index contributed by atoms with van der Waals surface area (Å²) in [5.74, 6) is 0.774. The Morgan fingerprint density at radius 3 is 2.67 bits per heavy atom. The van der Waals surface area contributed by atoms with E-state index in [4.69, 9.17) is 4.74 Å². The first-order valence-electron chi connectivity index (χ1n) is 8.58. The lowest BCUT2D eigenvalue weighted by Crippen LogP contribution is -2.15. The summed E-state index contributed by atoms with van der Waals surface area (Å²) in [7, 11) is 0. The van der Waals surface area contributed by atoms with Crippen LogP contribution in [0.25, 0.3) is 5.69 Å². The molecule has 1 N–H and O–H groups in total. The van der Waals surface area contributed by atoms with Gasteiger partial charge in [-0.25, -0.2) is 0 Å². The van der Waals surface area contributed by atoms with Gasteiger partial charge in [0.05, 0.1) is 12.4 Å². The van der Waals surface area contributed by atoms with Gasteiger partial charge in [-0.15, -0.1) is 5.10 Å². The molecule has 0 saturated carbocycles. The maximum Gasteiger partial charge on any atom is 0.234 e. The van der Waals surface area contributed by atoms with Crippen molar-refractivity contribution >= 4 is 23.4 Å². The van der Waals surface area contributed by atoms with Gasteiger partial charge in [-0.1, -0.05) is 30.0 Å². The van der Waals surface area contributed by atoms with Crippen LogP contribution in [0.3, 0.4) is 0 Å². The molecule has 0 spiro atoms. The number of rotatable bonds is 7. The fourth-order valence-corrected chi connectivity index (χ4v) is 3.39. The van der Waals surface area contributed by atoms with Crippen molar-refractivity contribution in [3.63, 3.8) is 0 Å². The van der Waals surface area contributed by atoms with Crippen molar-refractivity contribution < 1.29 is 9.53 Å². The van der Waals surface area contributed by atoms with Gasteiger partial charge in [-0.2, -0.15) is 4.68 Å². The van der Waals surface area contributed by atoms with E-state index in [1.807, 2.05) is 57.2 Å². The summed E-state index contributed by atoms with van der Waals surface area (Å²) in [5.41, 5.74) is 3.74. The molecule has 0 aliphatic carbocycles. The molecule has 3 aromatic rings. The summed E-state index contributed by atoms with van der Waals surface area (Å²) in [6, 6.07) is 13.5. The SMILES string of the molecule is CCOc1ccccc1-n1nnnc1SCC(=O)Nc1cc(C)cc(C)c1. The molecule has 27 heavy (non-hydrogen) atoms. The van der Waals surface area contributed by atoms with Gasteiger partial charge >= 0.3 is 0 Å². The number of amides is 1. The van der Waals surface area contributed by atoms with Crippen LogP contribution in [-0.2, 0) is 4.79 Å². The molecule has 0 unspecified atom stereocenters. The first kappa shape index (κ1) is 18.9. The Hall–Kier alpha value is -2.87. The Kier molecular flexibility index (Phi) is 6.08. The fourth-order valence-electron chi connectivity index (χ4n) is 2.70. The molecule has 1 aromatic heterocycles. The van der Waals surface area contributed by atoms with Crippen molar-refractivity contribution in [2.24, 2.45) is 0 Å². The smallest absolute Gasteiger partial charge is 0.234 e. The van der Waals surface area contributed by atoms with Crippen LogP contribution in [0, 0.1) is 13.8 Å². The Morgan fingerprint density at radius 1 is 1.19 bits per heavy atom. The van der Waals surface area contributed by atoms with E-state index in [-0.39, 0.29) is 11.7 Å². The average Bonchev–Trinajstić information content (AvgIpc) is 3.08. The van der Waals surface area contributed by atoms with E-state index in [9.17, 15) is 4.79 Å². The van der Waals surface area contributed by atoms with E-state index in [1.54, 1.807) is 4.68 Å². The standard InChI is InChI=1S/C19H21N5O2S/c1-4-26-17-8-6-5-7-16(17)24-19(21-22-23-24)27-12-18(25)20-15-10-13(2)9-14(3)11-15/h5-11H,4,12H2,1-3H3,(H,20,25). The lowest BCUT2D eigenvalue weighted by Gasteiger charge is -2.10. The van der Waals surface area contributed by atoms with Gasteiger partial charge in [-0.3, -0.25) is 4.79 Å². The molecule has 0 radical (unpaired) electrons. The number of hydrogen-bond acceptors (Lipinski definition) is 6. The predicted octanol–water partition coefficient (Wildman–Crippen LogP) is 3.41. The molecule has 0 atom stereocenters. The lowest BCUT2D eigenvalue weighted by atomic mass is 10.1. The van der Waals surface area contributed by atoms with Crippen LogP contribution >= 0.6 is 11.8 Å². The van der Waals surface area contributed by atoms with Crippen LogP contribution in [-0.4, -0.2) is 38.5 Å². The average molecular weight is 383 g/mol. The van der Waals surface area contributed by atoms with Crippen molar-refractivity contribution in [1.29, 1.82) is 0 Å². The van der Waals surface area contributed by atoms with Gasteiger partial charge < -0.3 is 10.1 Å². The lowest BCUT2D eigenvalue weighted by molar-refractivity contribution is -0.113. The minimum absolute atomic E-state index is 0.113. The van der Waals surface area contributed by atoms with Gasteiger partial charge in [0.15, 0.2) is 0 Å². The number of anilines is 1. The predicted molar refractivity (Wildman–Crippen MR) is 106 cm³/mol. The molecule has 0 fully saturated rings. The minimum atomic E-state index is -0.113. The highest BCUT2D eigenvalue weighted by Gasteiger charge is 2.15. The van der Waals surface area contributed by atoms with Crippen molar-refractivity contribution in [3.05, 3.63) is 53.6 Å². The number of tetrazole rings is 1. The number of ether oxygens (including phenoxy) is 1. The molecule has 0 aliphatic rings. The molecule has 0 saturated heterocycles. The molecule has 140 valence electrons. The normalized spacial score (nSPS) is 10.6. The molecular weight excluding hydrogens is 362 g/mol. The summed E-state index contributed by atoms with van der Waals surface area (Å²) in [6.45, 7) is 6.46. The van der Waals surface area contributed by atoms with Crippen molar-refractivity contribution in [2.75, 3.05) is 17.7 Å². The van der Waals surface area contributed by atoms with E-state index in [0.29, 0.717) is 17.5 Å². The van der Waals surface area contributed by atoms with Crippen LogP contribution in [0.15, 0.2) is 47.6 Å². The zero-order chi connectivity index (χ0) is 19.2. The highest BCUT2D eigenvalue weighted by Crippen LogP contribution is 2.26. The van der Waals surface area contributed by atoms with Crippen molar-refractivity contribution in [3.8, 4) is 11.4 Å². The van der Waals surface area contributed by atoms with E-state index in [1.165, 1.54) is 11.8 Å². The molecule has 0 bridgehead atoms. The highest BCUT2D eigenvalue weighted by molar-refractivity contribution is 7.99. The number of nitrogens with one attached hydrogen (secondary N) is 1. The van der Waals surface area contributed by atoms with E-state index >= 15 is 0 Å². The number of thioether (sulfide) groups is 1. The van der Waals surface area contributed by atoms with Crippen molar-refractivity contribution in [1.82, 2.24) is 20.2 Å². The maximum absolute atomic E-state index is 12.3. The highest BCUT2D eigenvalue weighted by atomic mass is 32.2. The molecule has 7 nitrogen and oxygen atoms in total. The zero-order valence-corrected chi connectivity index (χ0v) is 16.3. The first-order valence-corrected chi connectivity index (χ1v) is 9.57. The second-order valence-electron chi connectivity index (χ2n) is 5.99. The Morgan fingerprint density at radius 2 is 1.93 bits per heavy atom. The molecule has 1 heterocycles. The largest absolute Gasteiger partial charge is 0.492 e. The van der Waals surface area contributed by atoms with E-state index in [2.05, 4.69) is 26.9 Å². The van der Waals surface area contributed by atoms with Gasteiger partial charge in [-0.05, 0) is 66.6 Å². The monoisotopic (exact) mass is 383 g/mol. The van der Waals surface area contributed by atoms with Crippen LogP contribution in [0.2, 0.25) is 0 Å². The number of nitrogens with zero attached hydrogens (tertiary/aromatic N) is 4. The maximum atomic E-state index is 12.3. The van der Waals surface area contributed by atoms with E-state index < -0.39 is 0 Å². The summed E-state index contributed by atoms with van der Waals surface area (Å²) in [4.78, 5) is 12.3. The fraction of sp³-hybridized carbons (Fsp3) is 0.263. The van der Waals surface area contributed by atoms with Gasteiger partial charge in [0.1, 0.15) is 11.4 Å².